The Morgan fingerprint density at radius 1 is 1.04 bits per heavy atom. The highest BCUT2D eigenvalue weighted by molar-refractivity contribution is 5.76. The molecule has 3 aromatic heterocycles. The Morgan fingerprint density at radius 3 is 2.74 bits per heavy atom. The average Bonchev–Trinajstić information content (AvgIpc) is 3.12. The molecular weight excluding hydrogens is 345 g/mol. The van der Waals surface area contributed by atoms with Crippen molar-refractivity contribution in [3.05, 3.63) is 72.7 Å². The molecule has 4 aromatic rings. The largest absolute Gasteiger partial charge is 0.384 e. The molecule has 7 nitrogen and oxygen atoms in total. The molecule has 0 bridgehead atoms. The van der Waals surface area contributed by atoms with Crippen LogP contribution in [0.5, 0.6) is 0 Å². The van der Waals surface area contributed by atoms with E-state index in [1.165, 1.54) is 18.5 Å². The van der Waals surface area contributed by atoms with E-state index in [2.05, 4.69) is 30.2 Å². The lowest BCUT2D eigenvalue weighted by atomic mass is 10.1. The Labute approximate surface area is 154 Å². The summed E-state index contributed by atoms with van der Waals surface area (Å²) >= 11 is 0. The SMILES string of the molecule is Nc1cc(NCc2nc(-c3cccc(F)c3)c(-c3ccccn3)[nH]2)ncn1. The summed E-state index contributed by atoms with van der Waals surface area (Å²) in [6, 6.07) is 13.6. The van der Waals surface area contributed by atoms with Crippen LogP contribution in [0.25, 0.3) is 22.6 Å². The van der Waals surface area contributed by atoms with Gasteiger partial charge in [-0.15, -0.1) is 0 Å². The van der Waals surface area contributed by atoms with Crippen LogP contribution < -0.4 is 11.1 Å². The smallest absolute Gasteiger partial charge is 0.131 e. The number of nitrogens with one attached hydrogen (secondary N) is 2. The first-order valence-electron chi connectivity index (χ1n) is 8.26. The van der Waals surface area contributed by atoms with E-state index in [4.69, 9.17) is 5.73 Å². The lowest BCUT2D eigenvalue weighted by Crippen LogP contribution is -2.04. The molecule has 0 saturated heterocycles. The number of aromatic amines is 1. The van der Waals surface area contributed by atoms with Crippen LogP contribution in [0.15, 0.2) is 61.1 Å². The van der Waals surface area contributed by atoms with Gasteiger partial charge in [-0.1, -0.05) is 18.2 Å². The second-order valence-electron chi connectivity index (χ2n) is 5.81. The molecular formula is C19H16FN7. The van der Waals surface area contributed by atoms with E-state index in [0.29, 0.717) is 35.3 Å². The maximum atomic E-state index is 13.7. The topological polar surface area (TPSA) is 105 Å². The van der Waals surface area contributed by atoms with Crippen molar-refractivity contribution in [2.45, 2.75) is 6.54 Å². The highest BCUT2D eigenvalue weighted by Gasteiger charge is 2.15. The van der Waals surface area contributed by atoms with Gasteiger partial charge in [0.25, 0.3) is 0 Å². The Morgan fingerprint density at radius 2 is 1.96 bits per heavy atom. The molecule has 1 aromatic carbocycles. The van der Waals surface area contributed by atoms with Gasteiger partial charge in [0.15, 0.2) is 0 Å². The summed E-state index contributed by atoms with van der Waals surface area (Å²) in [5, 5.41) is 3.14. The molecule has 3 heterocycles. The third-order valence-corrected chi connectivity index (χ3v) is 3.90. The van der Waals surface area contributed by atoms with Crippen LogP contribution in [0.1, 0.15) is 5.82 Å². The highest BCUT2D eigenvalue weighted by atomic mass is 19.1. The molecule has 27 heavy (non-hydrogen) atoms. The summed E-state index contributed by atoms with van der Waals surface area (Å²) in [7, 11) is 0. The second-order valence-corrected chi connectivity index (χ2v) is 5.81. The van der Waals surface area contributed by atoms with Crippen molar-refractivity contribution in [1.29, 1.82) is 0 Å². The number of rotatable bonds is 5. The zero-order chi connectivity index (χ0) is 18.6. The molecule has 0 fully saturated rings. The lowest BCUT2D eigenvalue weighted by molar-refractivity contribution is 0.628. The quantitative estimate of drug-likeness (QED) is 0.504. The molecule has 134 valence electrons. The number of aromatic nitrogens is 5. The highest BCUT2D eigenvalue weighted by Crippen LogP contribution is 2.29. The fraction of sp³-hybridized carbons (Fsp3) is 0.0526. The number of H-pyrrole nitrogens is 1. The predicted molar refractivity (Wildman–Crippen MR) is 101 cm³/mol. The summed E-state index contributed by atoms with van der Waals surface area (Å²) in [4.78, 5) is 20.2. The van der Waals surface area contributed by atoms with Gasteiger partial charge in [-0.25, -0.2) is 19.3 Å². The first kappa shape index (κ1) is 16.6. The molecule has 0 atom stereocenters. The number of hydrogen-bond acceptors (Lipinski definition) is 6. The minimum Gasteiger partial charge on any atom is -0.384 e. The first-order chi connectivity index (χ1) is 13.2. The molecule has 4 rings (SSSR count). The monoisotopic (exact) mass is 361 g/mol. The van der Waals surface area contributed by atoms with Gasteiger partial charge < -0.3 is 16.0 Å². The second kappa shape index (κ2) is 7.20. The fourth-order valence-electron chi connectivity index (χ4n) is 2.69. The van der Waals surface area contributed by atoms with Gasteiger partial charge >= 0.3 is 0 Å². The van der Waals surface area contributed by atoms with Crippen molar-refractivity contribution >= 4 is 11.6 Å². The molecule has 0 radical (unpaired) electrons. The first-order valence-corrected chi connectivity index (χ1v) is 8.26. The van der Waals surface area contributed by atoms with Crippen molar-refractivity contribution in [3.8, 4) is 22.6 Å². The number of pyridine rings is 1. The Balaban J connectivity index is 1.69. The fourth-order valence-corrected chi connectivity index (χ4v) is 2.69. The number of nitrogen functional groups attached to an aromatic ring is 1. The van der Waals surface area contributed by atoms with E-state index < -0.39 is 0 Å². The number of halogens is 1. The third-order valence-electron chi connectivity index (χ3n) is 3.90. The minimum absolute atomic E-state index is 0.321. The minimum atomic E-state index is -0.321. The predicted octanol–water partition coefficient (Wildman–Crippen LogP) is 3.26. The maximum Gasteiger partial charge on any atom is 0.131 e. The van der Waals surface area contributed by atoms with E-state index in [9.17, 15) is 4.39 Å². The zero-order valence-electron chi connectivity index (χ0n) is 14.2. The molecule has 0 aliphatic carbocycles. The summed E-state index contributed by atoms with van der Waals surface area (Å²) in [6.45, 7) is 0.381. The van der Waals surface area contributed by atoms with Gasteiger partial charge in [-0.2, -0.15) is 0 Å². The van der Waals surface area contributed by atoms with Crippen molar-refractivity contribution < 1.29 is 4.39 Å². The van der Waals surface area contributed by atoms with Crippen LogP contribution in [0.3, 0.4) is 0 Å². The van der Waals surface area contributed by atoms with E-state index >= 15 is 0 Å². The Kier molecular flexibility index (Phi) is 4.44. The van der Waals surface area contributed by atoms with E-state index in [-0.39, 0.29) is 5.82 Å². The van der Waals surface area contributed by atoms with Crippen LogP contribution in [-0.2, 0) is 6.54 Å². The van der Waals surface area contributed by atoms with Crippen LogP contribution in [-0.4, -0.2) is 24.9 Å². The molecule has 8 heteroatoms. The third kappa shape index (κ3) is 3.74. The van der Waals surface area contributed by atoms with Crippen LogP contribution >= 0.6 is 0 Å². The number of nitrogens with zero attached hydrogens (tertiary/aromatic N) is 4. The molecule has 0 saturated carbocycles. The van der Waals surface area contributed by atoms with E-state index in [1.54, 1.807) is 18.3 Å². The summed E-state index contributed by atoms with van der Waals surface area (Å²) in [5.41, 5.74) is 8.41. The summed E-state index contributed by atoms with van der Waals surface area (Å²) < 4.78 is 13.7. The van der Waals surface area contributed by atoms with Gasteiger partial charge in [0, 0.05) is 17.8 Å². The number of benzene rings is 1. The van der Waals surface area contributed by atoms with Gasteiger partial charge in [0.1, 0.15) is 29.6 Å². The van der Waals surface area contributed by atoms with Crippen LogP contribution in [0, 0.1) is 5.82 Å². The Bertz CT molecular complexity index is 1060. The average molecular weight is 361 g/mol. The summed E-state index contributed by atoms with van der Waals surface area (Å²) in [6.07, 6.45) is 3.09. The zero-order valence-corrected chi connectivity index (χ0v) is 14.2. The number of hydrogen-bond donors (Lipinski definition) is 3. The van der Waals surface area contributed by atoms with Crippen molar-refractivity contribution in [3.63, 3.8) is 0 Å². The molecule has 0 unspecified atom stereocenters. The molecule has 0 spiro atoms. The van der Waals surface area contributed by atoms with Crippen LogP contribution in [0.2, 0.25) is 0 Å². The number of anilines is 2. The van der Waals surface area contributed by atoms with E-state index in [1.807, 2.05) is 24.3 Å². The number of imidazole rings is 1. The lowest BCUT2D eigenvalue weighted by Gasteiger charge is -2.03. The molecule has 0 amide bonds. The van der Waals surface area contributed by atoms with E-state index in [0.717, 1.165) is 11.4 Å². The van der Waals surface area contributed by atoms with Crippen molar-refractivity contribution in [2.24, 2.45) is 0 Å². The summed E-state index contributed by atoms with van der Waals surface area (Å²) in [5.74, 6) is 1.30. The van der Waals surface area contributed by atoms with Crippen molar-refractivity contribution in [2.75, 3.05) is 11.1 Å². The van der Waals surface area contributed by atoms with Crippen molar-refractivity contribution in [1.82, 2.24) is 24.9 Å². The van der Waals surface area contributed by atoms with Gasteiger partial charge in [0.05, 0.1) is 23.6 Å². The molecule has 0 aliphatic rings. The van der Waals surface area contributed by atoms with Gasteiger partial charge in [0.2, 0.25) is 0 Å². The molecule has 0 aliphatic heterocycles. The van der Waals surface area contributed by atoms with Crippen LogP contribution in [0.4, 0.5) is 16.0 Å². The maximum absolute atomic E-state index is 13.7. The molecule has 4 N–H and O–H groups in total. The number of nitrogens with two attached hydrogens (primary N) is 1. The standard InChI is InChI=1S/C19H16FN7/c20-13-5-3-4-12(8-13)18-19(14-6-1-2-7-22-14)27-17(26-18)10-23-16-9-15(21)24-11-25-16/h1-9,11H,10H2,(H,26,27)(H3,21,23,24,25). The normalized spacial score (nSPS) is 10.7. The van der Waals surface area contributed by atoms with Gasteiger partial charge in [-0.3, -0.25) is 4.98 Å². The van der Waals surface area contributed by atoms with Gasteiger partial charge in [-0.05, 0) is 24.3 Å². The Hall–Kier alpha value is -3.81.